The molecule has 3 rings (SSSR count). The minimum absolute atomic E-state index is 0.0946. The van der Waals surface area contributed by atoms with Crippen molar-refractivity contribution in [2.24, 2.45) is 11.7 Å². The largest absolute Gasteiger partial charge is 0.367 e. The predicted molar refractivity (Wildman–Crippen MR) is 74.0 cm³/mol. The maximum absolute atomic E-state index is 6.31. The Hall–Kier alpha value is -0.980. The van der Waals surface area contributed by atoms with Crippen LogP contribution in [0.5, 0.6) is 0 Å². The summed E-state index contributed by atoms with van der Waals surface area (Å²) in [6.45, 7) is 7.78. The van der Waals surface area contributed by atoms with Crippen LogP contribution in [0.4, 0.5) is 0 Å². The van der Waals surface area contributed by atoms with Crippen molar-refractivity contribution in [3.8, 4) is 0 Å². The molecule has 6 heteroatoms. The van der Waals surface area contributed by atoms with Gasteiger partial charge in [-0.3, -0.25) is 4.90 Å². The Kier molecular flexibility index (Phi) is 3.79. The number of nitrogens with two attached hydrogens (primary N) is 1. The molecule has 1 aliphatic heterocycles. The molecule has 2 unspecified atom stereocenters. The Morgan fingerprint density at radius 2 is 2.25 bits per heavy atom. The Bertz CT molecular complexity index is 454. The number of hydrogen-bond donors (Lipinski definition) is 1. The maximum Gasteiger partial charge on any atom is 0.246 e. The van der Waals surface area contributed by atoms with Crippen molar-refractivity contribution in [1.82, 2.24) is 15.0 Å². The van der Waals surface area contributed by atoms with Crippen LogP contribution < -0.4 is 5.73 Å². The van der Waals surface area contributed by atoms with E-state index in [0.29, 0.717) is 17.6 Å². The SMILES string of the molecule is CCCN1CCOC(c2noc(C(C)(N)C3CC3)n2)C1. The molecule has 112 valence electrons. The van der Waals surface area contributed by atoms with E-state index in [2.05, 4.69) is 22.0 Å². The van der Waals surface area contributed by atoms with Gasteiger partial charge in [0.15, 0.2) is 0 Å². The first-order chi connectivity index (χ1) is 9.61. The second-order valence-electron chi connectivity index (χ2n) is 6.17. The van der Waals surface area contributed by atoms with Crippen LogP contribution in [0.3, 0.4) is 0 Å². The highest BCUT2D eigenvalue weighted by Gasteiger charge is 2.44. The van der Waals surface area contributed by atoms with Gasteiger partial charge in [0.05, 0.1) is 12.1 Å². The first-order valence-electron chi connectivity index (χ1n) is 7.58. The summed E-state index contributed by atoms with van der Waals surface area (Å²) < 4.78 is 11.2. The van der Waals surface area contributed by atoms with Gasteiger partial charge in [0.25, 0.3) is 0 Å². The van der Waals surface area contributed by atoms with Gasteiger partial charge in [-0.25, -0.2) is 0 Å². The van der Waals surface area contributed by atoms with Gasteiger partial charge in [-0.2, -0.15) is 4.98 Å². The fourth-order valence-corrected chi connectivity index (χ4v) is 2.82. The van der Waals surface area contributed by atoms with E-state index in [9.17, 15) is 0 Å². The molecule has 1 aromatic rings. The quantitative estimate of drug-likeness (QED) is 0.879. The molecular formula is C14H24N4O2. The van der Waals surface area contributed by atoms with Gasteiger partial charge >= 0.3 is 0 Å². The minimum atomic E-state index is -0.497. The van der Waals surface area contributed by atoms with E-state index in [4.69, 9.17) is 15.0 Å². The van der Waals surface area contributed by atoms with Crippen LogP contribution in [0, 0.1) is 5.92 Å². The average Bonchev–Trinajstić information content (AvgIpc) is 3.17. The summed E-state index contributed by atoms with van der Waals surface area (Å²) in [6, 6.07) is 0. The zero-order valence-corrected chi connectivity index (χ0v) is 12.3. The lowest BCUT2D eigenvalue weighted by atomic mass is 9.97. The number of aromatic nitrogens is 2. The number of nitrogens with zero attached hydrogens (tertiary/aromatic N) is 3. The summed E-state index contributed by atoms with van der Waals surface area (Å²) >= 11 is 0. The van der Waals surface area contributed by atoms with Gasteiger partial charge in [-0.15, -0.1) is 0 Å². The van der Waals surface area contributed by atoms with E-state index in [1.165, 1.54) is 0 Å². The molecule has 2 N–H and O–H groups in total. The molecule has 0 spiro atoms. The first-order valence-corrected chi connectivity index (χ1v) is 7.58. The zero-order chi connectivity index (χ0) is 14.2. The van der Waals surface area contributed by atoms with Gasteiger partial charge in [-0.05, 0) is 38.6 Å². The van der Waals surface area contributed by atoms with Crippen LogP contribution in [0.15, 0.2) is 4.52 Å². The van der Waals surface area contributed by atoms with Crippen LogP contribution in [-0.2, 0) is 10.3 Å². The average molecular weight is 280 g/mol. The molecule has 0 bridgehead atoms. The number of hydrogen-bond acceptors (Lipinski definition) is 6. The molecule has 0 radical (unpaired) electrons. The third kappa shape index (κ3) is 2.73. The van der Waals surface area contributed by atoms with Crippen molar-refractivity contribution >= 4 is 0 Å². The lowest BCUT2D eigenvalue weighted by Gasteiger charge is -2.31. The van der Waals surface area contributed by atoms with E-state index < -0.39 is 5.54 Å². The number of morpholine rings is 1. The van der Waals surface area contributed by atoms with Crippen molar-refractivity contribution < 1.29 is 9.26 Å². The second-order valence-corrected chi connectivity index (χ2v) is 6.17. The number of ether oxygens (including phenoxy) is 1. The lowest BCUT2D eigenvalue weighted by Crippen LogP contribution is -2.39. The van der Waals surface area contributed by atoms with E-state index >= 15 is 0 Å². The standard InChI is InChI=1S/C14H24N4O2/c1-3-6-18-7-8-19-11(9-18)12-16-13(20-17-12)14(2,15)10-4-5-10/h10-11H,3-9,15H2,1-2H3. The minimum Gasteiger partial charge on any atom is -0.367 e. The summed E-state index contributed by atoms with van der Waals surface area (Å²) in [7, 11) is 0. The third-order valence-electron chi connectivity index (χ3n) is 4.31. The monoisotopic (exact) mass is 280 g/mol. The second kappa shape index (κ2) is 5.42. The van der Waals surface area contributed by atoms with Gasteiger partial charge < -0.3 is 15.0 Å². The van der Waals surface area contributed by atoms with Crippen LogP contribution in [0.2, 0.25) is 0 Å². The van der Waals surface area contributed by atoms with E-state index in [0.717, 1.165) is 45.5 Å². The summed E-state index contributed by atoms with van der Waals surface area (Å²) in [6.07, 6.45) is 3.35. The van der Waals surface area contributed by atoms with Crippen molar-refractivity contribution in [2.75, 3.05) is 26.2 Å². The highest BCUT2D eigenvalue weighted by atomic mass is 16.5. The van der Waals surface area contributed by atoms with Crippen molar-refractivity contribution in [3.05, 3.63) is 11.7 Å². The fourth-order valence-electron chi connectivity index (χ4n) is 2.82. The molecule has 2 atom stereocenters. The van der Waals surface area contributed by atoms with Gasteiger partial charge in [0, 0.05) is 13.1 Å². The molecule has 1 saturated carbocycles. The van der Waals surface area contributed by atoms with E-state index in [-0.39, 0.29) is 6.10 Å². The summed E-state index contributed by atoms with van der Waals surface area (Å²) in [5.74, 6) is 1.66. The topological polar surface area (TPSA) is 77.4 Å². The fraction of sp³-hybridized carbons (Fsp3) is 0.857. The van der Waals surface area contributed by atoms with Crippen LogP contribution in [0.1, 0.15) is 50.9 Å². The van der Waals surface area contributed by atoms with Gasteiger partial charge in [0.2, 0.25) is 11.7 Å². The van der Waals surface area contributed by atoms with Crippen LogP contribution >= 0.6 is 0 Å². The van der Waals surface area contributed by atoms with E-state index in [1.54, 1.807) is 0 Å². The Morgan fingerprint density at radius 1 is 1.45 bits per heavy atom. The zero-order valence-electron chi connectivity index (χ0n) is 12.3. The Morgan fingerprint density at radius 3 is 2.95 bits per heavy atom. The molecule has 0 aromatic carbocycles. The molecule has 6 nitrogen and oxygen atoms in total. The molecular weight excluding hydrogens is 256 g/mol. The predicted octanol–water partition coefficient (Wildman–Crippen LogP) is 1.44. The molecule has 1 saturated heterocycles. The highest BCUT2D eigenvalue weighted by Crippen LogP contribution is 2.43. The molecule has 20 heavy (non-hydrogen) atoms. The molecule has 2 heterocycles. The maximum atomic E-state index is 6.31. The smallest absolute Gasteiger partial charge is 0.246 e. The van der Waals surface area contributed by atoms with E-state index in [1.807, 2.05) is 6.92 Å². The van der Waals surface area contributed by atoms with Gasteiger partial charge in [-0.1, -0.05) is 12.1 Å². The highest BCUT2D eigenvalue weighted by molar-refractivity contribution is 5.08. The molecule has 2 fully saturated rings. The van der Waals surface area contributed by atoms with Crippen LogP contribution in [-0.4, -0.2) is 41.3 Å². The molecule has 1 aromatic heterocycles. The molecule has 2 aliphatic rings. The van der Waals surface area contributed by atoms with Crippen molar-refractivity contribution in [1.29, 1.82) is 0 Å². The van der Waals surface area contributed by atoms with Crippen molar-refractivity contribution in [2.45, 2.75) is 44.8 Å². The Labute approximate surface area is 119 Å². The summed E-state index contributed by atoms with van der Waals surface area (Å²) in [4.78, 5) is 6.89. The molecule has 0 amide bonds. The summed E-state index contributed by atoms with van der Waals surface area (Å²) in [5, 5.41) is 4.09. The lowest BCUT2D eigenvalue weighted by molar-refractivity contribution is -0.0350. The molecule has 1 aliphatic carbocycles. The summed E-state index contributed by atoms with van der Waals surface area (Å²) in [5.41, 5.74) is 5.82. The first kappa shape index (κ1) is 14.0. The van der Waals surface area contributed by atoms with Crippen LogP contribution in [0.25, 0.3) is 0 Å². The third-order valence-corrected chi connectivity index (χ3v) is 4.31. The number of rotatable bonds is 5. The van der Waals surface area contributed by atoms with Crippen molar-refractivity contribution in [3.63, 3.8) is 0 Å². The Balaban J connectivity index is 1.69. The van der Waals surface area contributed by atoms with Gasteiger partial charge in [0.1, 0.15) is 6.10 Å². The normalized spacial score (nSPS) is 27.4.